The molecule has 5 nitrogen and oxygen atoms in total. The first kappa shape index (κ1) is 16.2. The molecule has 2 rings (SSSR count). The Morgan fingerprint density at radius 2 is 2.29 bits per heavy atom. The van der Waals surface area contributed by atoms with Crippen molar-refractivity contribution >= 4 is 5.82 Å². The highest BCUT2D eigenvalue weighted by Crippen LogP contribution is 2.27. The van der Waals surface area contributed by atoms with E-state index in [1.807, 2.05) is 12.3 Å². The lowest BCUT2D eigenvalue weighted by molar-refractivity contribution is -0.101. The van der Waals surface area contributed by atoms with Crippen LogP contribution >= 0.6 is 0 Å². The lowest BCUT2D eigenvalue weighted by Gasteiger charge is -2.43. The smallest absolute Gasteiger partial charge is 0.133 e. The summed E-state index contributed by atoms with van der Waals surface area (Å²) >= 11 is 0. The standard InChI is InChI=1S/C16H27N3O2/c1-12(2)18-8-13-6-5-7-17-15(13)19-9-14(10-20)21-16(3,4)11-19/h5-7,12,14,18,20H,8-11H2,1-4H3. The summed E-state index contributed by atoms with van der Waals surface area (Å²) in [5.41, 5.74) is 0.895. The predicted molar refractivity (Wildman–Crippen MR) is 84.5 cm³/mol. The van der Waals surface area contributed by atoms with Crippen molar-refractivity contribution < 1.29 is 9.84 Å². The quantitative estimate of drug-likeness (QED) is 0.863. The Balaban J connectivity index is 2.20. The number of ether oxygens (including phenoxy) is 1. The van der Waals surface area contributed by atoms with E-state index in [0.29, 0.717) is 12.6 Å². The molecule has 0 spiro atoms. The summed E-state index contributed by atoms with van der Waals surface area (Å²) in [6.07, 6.45) is 1.66. The van der Waals surface area contributed by atoms with E-state index in [-0.39, 0.29) is 18.3 Å². The van der Waals surface area contributed by atoms with Crippen LogP contribution in [0.25, 0.3) is 0 Å². The molecule has 0 bridgehead atoms. The van der Waals surface area contributed by atoms with Gasteiger partial charge < -0.3 is 20.1 Å². The maximum atomic E-state index is 9.45. The van der Waals surface area contributed by atoms with Crippen LogP contribution in [-0.4, -0.2) is 47.5 Å². The van der Waals surface area contributed by atoms with Crippen molar-refractivity contribution in [2.24, 2.45) is 0 Å². The van der Waals surface area contributed by atoms with Crippen LogP contribution in [0, 0.1) is 0 Å². The average Bonchev–Trinajstić information content (AvgIpc) is 2.43. The lowest BCUT2D eigenvalue weighted by Crippen LogP contribution is -2.54. The van der Waals surface area contributed by atoms with Crippen LogP contribution in [0.5, 0.6) is 0 Å². The molecule has 1 aromatic rings. The van der Waals surface area contributed by atoms with Crippen LogP contribution < -0.4 is 10.2 Å². The van der Waals surface area contributed by atoms with E-state index in [9.17, 15) is 5.11 Å². The van der Waals surface area contributed by atoms with Gasteiger partial charge in [0, 0.05) is 37.4 Å². The van der Waals surface area contributed by atoms with E-state index in [1.165, 1.54) is 5.56 Å². The number of aliphatic hydroxyl groups excluding tert-OH is 1. The van der Waals surface area contributed by atoms with Gasteiger partial charge in [0.15, 0.2) is 0 Å². The minimum Gasteiger partial charge on any atom is -0.394 e. The number of hydrogen-bond donors (Lipinski definition) is 2. The summed E-state index contributed by atoms with van der Waals surface area (Å²) < 4.78 is 5.88. The second kappa shape index (κ2) is 6.73. The minimum absolute atomic E-state index is 0.0341. The van der Waals surface area contributed by atoms with Crippen molar-refractivity contribution in [1.29, 1.82) is 0 Å². The number of nitrogens with zero attached hydrogens (tertiary/aromatic N) is 2. The molecule has 1 fully saturated rings. The molecule has 1 atom stereocenters. The first-order chi connectivity index (χ1) is 9.91. The molecule has 1 saturated heterocycles. The zero-order valence-corrected chi connectivity index (χ0v) is 13.5. The molecule has 1 aromatic heterocycles. The highest BCUT2D eigenvalue weighted by Gasteiger charge is 2.34. The normalized spacial score (nSPS) is 21.8. The van der Waals surface area contributed by atoms with E-state index in [4.69, 9.17) is 4.74 Å². The van der Waals surface area contributed by atoms with Crippen molar-refractivity contribution in [3.8, 4) is 0 Å². The number of aromatic nitrogens is 1. The molecule has 5 heteroatoms. The van der Waals surface area contributed by atoms with Gasteiger partial charge in [0.2, 0.25) is 0 Å². The van der Waals surface area contributed by atoms with E-state index < -0.39 is 0 Å². The lowest BCUT2D eigenvalue weighted by atomic mass is 10.0. The monoisotopic (exact) mass is 293 g/mol. The Morgan fingerprint density at radius 3 is 2.95 bits per heavy atom. The Bertz CT molecular complexity index is 463. The molecular weight excluding hydrogens is 266 g/mol. The molecule has 21 heavy (non-hydrogen) atoms. The first-order valence-electron chi connectivity index (χ1n) is 7.62. The molecule has 0 aromatic carbocycles. The topological polar surface area (TPSA) is 57.6 Å². The van der Waals surface area contributed by atoms with Crippen LogP contribution in [0.3, 0.4) is 0 Å². The van der Waals surface area contributed by atoms with Gasteiger partial charge in [0.25, 0.3) is 0 Å². The van der Waals surface area contributed by atoms with Crippen LogP contribution in [0.15, 0.2) is 18.3 Å². The zero-order chi connectivity index (χ0) is 15.5. The number of hydrogen-bond acceptors (Lipinski definition) is 5. The molecule has 2 N–H and O–H groups in total. The molecular formula is C16H27N3O2. The second-order valence-electron chi connectivity index (χ2n) is 6.58. The third-order valence-corrected chi connectivity index (χ3v) is 3.55. The van der Waals surface area contributed by atoms with Gasteiger partial charge in [-0.05, 0) is 19.9 Å². The third kappa shape index (κ3) is 4.40. The molecule has 0 saturated carbocycles. The number of rotatable bonds is 5. The van der Waals surface area contributed by atoms with Gasteiger partial charge in [0.1, 0.15) is 5.82 Å². The van der Waals surface area contributed by atoms with Gasteiger partial charge >= 0.3 is 0 Å². The van der Waals surface area contributed by atoms with Gasteiger partial charge in [-0.2, -0.15) is 0 Å². The zero-order valence-electron chi connectivity index (χ0n) is 13.5. The van der Waals surface area contributed by atoms with Crippen LogP contribution in [0.1, 0.15) is 33.3 Å². The average molecular weight is 293 g/mol. The fourth-order valence-electron chi connectivity index (χ4n) is 2.72. The highest BCUT2D eigenvalue weighted by molar-refractivity contribution is 5.47. The number of nitrogens with one attached hydrogen (secondary N) is 1. The van der Waals surface area contributed by atoms with E-state index in [0.717, 1.165) is 18.9 Å². The van der Waals surface area contributed by atoms with Gasteiger partial charge in [-0.25, -0.2) is 4.98 Å². The molecule has 2 heterocycles. The van der Waals surface area contributed by atoms with Crippen molar-refractivity contribution in [1.82, 2.24) is 10.3 Å². The number of anilines is 1. The highest BCUT2D eigenvalue weighted by atomic mass is 16.5. The Kier molecular flexibility index (Phi) is 5.19. The van der Waals surface area contributed by atoms with Crippen LogP contribution in [-0.2, 0) is 11.3 Å². The second-order valence-corrected chi connectivity index (χ2v) is 6.58. The molecule has 118 valence electrons. The van der Waals surface area contributed by atoms with Crippen LogP contribution in [0.4, 0.5) is 5.82 Å². The maximum Gasteiger partial charge on any atom is 0.133 e. The van der Waals surface area contributed by atoms with Gasteiger partial charge in [-0.3, -0.25) is 0 Å². The Morgan fingerprint density at radius 1 is 1.52 bits per heavy atom. The fourth-order valence-corrected chi connectivity index (χ4v) is 2.72. The van der Waals surface area contributed by atoms with Crippen molar-refractivity contribution in [2.45, 2.75) is 52.0 Å². The Hall–Kier alpha value is -1.17. The van der Waals surface area contributed by atoms with E-state index in [2.05, 4.69) is 49.0 Å². The third-order valence-electron chi connectivity index (χ3n) is 3.55. The van der Waals surface area contributed by atoms with Gasteiger partial charge in [0.05, 0.1) is 18.3 Å². The number of morpholine rings is 1. The number of pyridine rings is 1. The largest absolute Gasteiger partial charge is 0.394 e. The SMILES string of the molecule is CC(C)NCc1cccnc1N1CC(CO)OC(C)(C)C1. The van der Waals surface area contributed by atoms with E-state index >= 15 is 0 Å². The predicted octanol–water partition coefficient (Wildman–Crippen LogP) is 1.56. The van der Waals surface area contributed by atoms with Gasteiger partial charge in [-0.1, -0.05) is 19.9 Å². The molecule has 0 aliphatic carbocycles. The number of aliphatic hydroxyl groups is 1. The van der Waals surface area contributed by atoms with Crippen LogP contribution in [0.2, 0.25) is 0 Å². The minimum atomic E-state index is -0.286. The van der Waals surface area contributed by atoms with Gasteiger partial charge in [-0.15, -0.1) is 0 Å². The molecule has 1 aliphatic heterocycles. The van der Waals surface area contributed by atoms with Crippen molar-refractivity contribution in [3.05, 3.63) is 23.9 Å². The van der Waals surface area contributed by atoms with Crippen molar-refractivity contribution in [3.63, 3.8) is 0 Å². The molecule has 0 radical (unpaired) electrons. The molecule has 1 unspecified atom stereocenters. The summed E-state index contributed by atoms with van der Waals surface area (Å²) in [6, 6.07) is 4.51. The molecule has 0 amide bonds. The summed E-state index contributed by atoms with van der Waals surface area (Å²) in [7, 11) is 0. The fraction of sp³-hybridized carbons (Fsp3) is 0.688. The Labute approximate surface area is 127 Å². The molecule has 1 aliphatic rings. The summed E-state index contributed by atoms with van der Waals surface area (Å²) in [5, 5.41) is 12.9. The van der Waals surface area contributed by atoms with E-state index in [1.54, 1.807) is 0 Å². The summed E-state index contributed by atoms with van der Waals surface area (Å²) in [6.45, 7) is 10.6. The maximum absolute atomic E-state index is 9.45. The summed E-state index contributed by atoms with van der Waals surface area (Å²) in [4.78, 5) is 6.79. The van der Waals surface area contributed by atoms with Crippen molar-refractivity contribution in [2.75, 3.05) is 24.6 Å². The summed E-state index contributed by atoms with van der Waals surface area (Å²) in [5.74, 6) is 0.987. The first-order valence-corrected chi connectivity index (χ1v) is 7.62.